The summed E-state index contributed by atoms with van der Waals surface area (Å²) in [4.78, 5) is 13.2. The number of anilines is 3. The summed E-state index contributed by atoms with van der Waals surface area (Å²) in [7, 11) is 0. The second kappa shape index (κ2) is 7.08. The standard InChI is InChI=1S/C19H21N5/c1-4-21-19-23-17(15-5-7-20-8-6-15)12-18(24-19)22-16-10-13(2)9-14(3)11-16/h5-12H,4H2,1-3H3,(H2,21,22,23,24). The summed E-state index contributed by atoms with van der Waals surface area (Å²) in [5, 5.41) is 6.58. The quantitative estimate of drug-likeness (QED) is 0.733. The fraction of sp³-hybridized carbons (Fsp3) is 0.211. The van der Waals surface area contributed by atoms with Crippen LogP contribution in [0.25, 0.3) is 11.3 Å². The maximum absolute atomic E-state index is 4.58. The second-order valence-electron chi connectivity index (χ2n) is 5.73. The molecule has 0 saturated carbocycles. The molecule has 122 valence electrons. The molecule has 0 unspecified atom stereocenters. The third-order valence-electron chi connectivity index (χ3n) is 3.53. The molecule has 0 saturated heterocycles. The van der Waals surface area contributed by atoms with Crippen LogP contribution in [0, 0.1) is 13.8 Å². The van der Waals surface area contributed by atoms with Crippen LogP contribution in [0.5, 0.6) is 0 Å². The minimum Gasteiger partial charge on any atom is -0.354 e. The molecule has 0 aliphatic rings. The first-order chi connectivity index (χ1) is 11.6. The number of aromatic nitrogens is 3. The fourth-order valence-corrected chi connectivity index (χ4v) is 2.61. The van der Waals surface area contributed by atoms with E-state index in [2.05, 4.69) is 57.6 Å². The van der Waals surface area contributed by atoms with Gasteiger partial charge < -0.3 is 10.6 Å². The Morgan fingerprint density at radius 1 is 0.917 bits per heavy atom. The van der Waals surface area contributed by atoms with Gasteiger partial charge in [0.2, 0.25) is 5.95 Å². The first kappa shape index (κ1) is 15.9. The molecule has 0 aliphatic heterocycles. The number of nitrogens with one attached hydrogen (secondary N) is 2. The number of aryl methyl sites for hydroxylation is 2. The lowest BCUT2D eigenvalue weighted by atomic mass is 10.1. The van der Waals surface area contributed by atoms with Gasteiger partial charge in [-0.05, 0) is 56.2 Å². The molecule has 0 fully saturated rings. The minimum atomic E-state index is 0.610. The molecule has 0 atom stereocenters. The molecule has 5 heteroatoms. The molecule has 3 rings (SSSR count). The smallest absolute Gasteiger partial charge is 0.225 e. The van der Waals surface area contributed by atoms with E-state index >= 15 is 0 Å². The predicted molar refractivity (Wildman–Crippen MR) is 98.6 cm³/mol. The summed E-state index contributed by atoms with van der Waals surface area (Å²) >= 11 is 0. The first-order valence-corrected chi connectivity index (χ1v) is 8.02. The number of hydrogen-bond donors (Lipinski definition) is 2. The van der Waals surface area contributed by atoms with Crippen molar-refractivity contribution in [3.8, 4) is 11.3 Å². The van der Waals surface area contributed by atoms with Crippen molar-refractivity contribution in [1.82, 2.24) is 15.0 Å². The molecule has 0 spiro atoms. The Balaban J connectivity index is 1.98. The van der Waals surface area contributed by atoms with E-state index in [1.165, 1.54) is 11.1 Å². The van der Waals surface area contributed by atoms with Crippen molar-refractivity contribution in [3.05, 3.63) is 59.9 Å². The van der Waals surface area contributed by atoms with Gasteiger partial charge in [0.1, 0.15) is 5.82 Å². The zero-order chi connectivity index (χ0) is 16.9. The predicted octanol–water partition coefficient (Wildman–Crippen LogP) is 4.33. The van der Waals surface area contributed by atoms with Crippen molar-refractivity contribution in [1.29, 1.82) is 0 Å². The summed E-state index contributed by atoms with van der Waals surface area (Å²) in [6.07, 6.45) is 3.53. The van der Waals surface area contributed by atoms with E-state index in [4.69, 9.17) is 0 Å². The molecular weight excluding hydrogens is 298 g/mol. The monoisotopic (exact) mass is 319 g/mol. The van der Waals surface area contributed by atoms with Gasteiger partial charge in [-0.25, -0.2) is 4.98 Å². The maximum Gasteiger partial charge on any atom is 0.225 e. The summed E-state index contributed by atoms with van der Waals surface area (Å²) in [5.41, 5.74) is 5.32. The summed E-state index contributed by atoms with van der Waals surface area (Å²) in [5.74, 6) is 1.37. The lowest BCUT2D eigenvalue weighted by Crippen LogP contribution is -2.05. The minimum absolute atomic E-state index is 0.610. The van der Waals surface area contributed by atoms with Gasteiger partial charge in [0, 0.05) is 36.3 Å². The van der Waals surface area contributed by atoms with E-state index < -0.39 is 0 Å². The molecule has 0 bridgehead atoms. The Kier molecular flexibility index (Phi) is 4.70. The van der Waals surface area contributed by atoms with E-state index in [0.717, 1.165) is 29.3 Å². The van der Waals surface area contributed by atoms with Gasteiger partial charge in [-0.3, -0.25) is 4.98 Å². The zero-order valence-electron chi connectivity index (χ0n) is 14.2. The van der Waals surface area contributed by atoms with E-state index in [-0.39, 0.29) is 0 Å². The lowest BCUT2D eigenvalue weighted by Gasteiger charge is -2.12. The van der Waals surface area contributed by atoms with Gasteiger partial charge in [0.05, 0.1) is 5.69 Å². The molecule has 0 radical (unpaired) electrons. The highest BCUT2D eigenvalue weighted by molar-refractivity contribution is 5.67. The molecule has 1 aromatic carbocycles. The third kappa shape index (κ3) is 3.87. The van der Waals surface area contributed by atoms with Crippen LogP contribution in [-0.4, -0.2) is 21.5 Å². The van der Waals surface area contributed by atoms with Crippen LogP contribution >= 0.6 is 0 Å². The van der Waals surface area contributed by atoms with Gasteiger partial charge >= 0.3 is 0 Å². The van der Waals surface area contributed by atoms with Crippen LogP contribution in [0.15, 0.2) is 48.8 Å². The topological polar surface area (TPSA) is 62.7 Å². The maximum atomic E-state index is 4.58. The van der Waals surface area contributed by atoms with Crippen LogP contribution in [0.2, 0.25) is 0 Å². The number of pyridine rings is 1. The normalized spacial score (nSPS) is 10.5. The van der Waals surface area contributed by atoms with Crippen molar-refractivity contribution >= 4 is 17.5 Å². The van der Waals surface area contributed by atoms with E-state index in [1.54, 1.807) is 12.4 Å². The lowest BCUT2D eigenvalue weighted by molar-refractivity contribution is 1.09. The van der Waals surface area contributed by atoms with E-state index in [1.807, 2.05) is 25.1 Å². The Bertz CT molecular complexity index is 810. The number of benzene rings is 1. The van der Waals surface area contributed by atoms with Gasteiger partial charge in [-0.2, -0.15) is 4.98 Å². The highest BCUT2D eigenvalue weighted by Gasteiger charge is 2.07. The molecule has 3 aromatic rings. The van der Waals surface area contributed by atoms with E-state index in [9.17, 15) is 0 Å². The SMILES string of the molecule is CCNc1nc(Nc2cc(C)cc(C)c2)cc(-c2ccncc2)n1. The van der Waals surface area contributed by atoms with Gasteiger partial charge in [-0.1, -0.05) is 6.07 Å². The molecule has 0 aliphatic carbocycles. The van der Waals surface area contributed by atoms with Gasteiger partial charge in [-0.15, -0.1) is 0 Å². The van der Waals surface area contributed by atoms with Crippen molar-refractivity contribution in [2.24, 2.45) is 0 Å². The Morgan fingerprint density at radius 2 is 1.62 bits per heavy atom. The van der Waals surface area contributed by atoms with Crippen molar-refractivity contribution < 1.29 is 0 Å². The van der Waals surface area contributed by atoms with Crippen LogP contribution in [0.1, 0.15) is 18.1 Å². The van der Waals surface area contributed by atoms with Crippen LogP contribution < -0.4 is 10.6 Å². The average molecular weight is 319 g/mol. The Hall–Kier alpha value is -2.95. The average Bonchev–Trinajstić information content (AvgIpc) is 2.55. The summed E-state index contributed by atoms with van der Waals surface area (Å²) < 4.78 is 0. The van der Waals surface area contributed by atoms with Crippen molar-refractivity contribution in [2.45, 2.75) is 20.8 Å². The Morgan fingerprint density at radius 3 is 2.29 bits per heavy atom. The largest absolute Gasteiger partial charge is 0.354 e. The van der Waals surface area contributed by atoms with Crippen LogP contribution in [0.4, 0.5) is 17.5 Å². The number of nitrogens with zero attached hydrogens (tertiary/aromatic N) is 3. The van der Waals surface area contributed by atoms with Gasteiger partial charge in [0.25, 0.3) is 0 Å². The highest BCUT2D eigenvalue weighted by Crippen LogP contribution is 2.24. The molecular formula is C19H21N5. The Labute approximate surface area is 142 Å². The number of hydrogen-bond acceptors (Lipinski definition) is 5. The fourth-order valence-electron chi connectivity index (χ4n) is 2.61. The van der Waals surface area contributed by atoms with Crippen LogP contribution in [0.3, 0.4) is 0 Å². The summed E-state index contributed by atoms with van der Waals surface area (Å²) in [6, 6.07) is 12.2. The molecule has 5 nitrogen and oxygen atoms in total. The molecule has 2 aromatic heterocycles. The highest BCUT2D eigenvalue weighted by atomic mass is 15.1. The molecule has 0 amide bonds. The summed E-state index contributed by atoms with van der Waals surface area (Å²) in [6.45, 7) is 6.97. The van der Waals surface area contributed by atoms with Crippen LogP contribution in [-0.2, 0) is 0 Å². The molecule has 24 heavy (non-hydrogen) atoms. The van der Waals surface area contributed by atoms with E-state index in [0.29, 0.717) is 5.95 Å². The number of rotatable bonds is 5. The second-order valence-corrected chi connectivity index (χ2v) is 5.73. The zero-order valence-corrected chi connectivity index (χ0v) is 14.2. The first-order valence-electron chi connectivity index (χ1n) is 8.02. The molecule has 2 N–H and O–H groups in total. The molecule has 2 heterocycles. The van der Waals surface area contributed by atoms with Crippen molar-refractivity contribution in [3.63, 3.8) is 0 Å². The van der Waals surface area contributed by atoms with Crippen molar-refractivity contribution in [2.75, 3.05) is 17.2 Å². The van der Waals surface area contributed by atoms with Gasteiger partial charge in [0.15, 0.2) is 0 Å². The third-order valence-corrected chi connectivity index (χ3v) is 3.53.